The van der Waals surface area contributed by atoms with E-state index in [-0.39, 0.29) is 31.8 Å². The zero-order valence-corrected chi connectivity index (χ0v) is 10.6. The van der Waals surface area contributed by atoms with Crippen LogP contribution in [0, 0.1) is 5.41 Å². The molecule has 4 bridgehead atoms. The highest BCUT2D eigenvalue weighted by molar-refractivity contribution is 5.78. The lowest BCUT2D eigenvalue weighted by Gasteiger charge is -2.64. The molecule has 0 radical (unpaired) electrons. The summed E-state index contributed by atoms with van der Waals surface area (Å²) < 4.78 is 5.09. The Hall–Kier alpha value is -0.650. The van der Waals surface area contributed by atoms with Gasteiger partial charge >= 0.3 is 5.97 Å². The first-order valence-corrected chi connectivity index (χ1v) is 6.57. The van der Waals surface area contributed by atoms with Gasteiger partial charge in [0.05, 0.1) is 28.8 Å². The molecule has 0 atom stereocenters. The van der Waals surface area contributed by atoms with Crippen LogP contribution in [0.25, 0.3) is 0 Å². The van der Waals surface area contributed by atoms with Gasteiger partial charge in [0.25, 0.3) is 0 Å². The van der Waals surface area contributed by atoms with Gasteiger partial charge in [0.1, 0.15) is 0 Å². The molecule has 0 unspecified atom stereocenters. The van der Waals surface area contributed by atoms with E-state index in [0.717, 1.165) is 0 Å². The molecule has 3 N–H and O–H groups in total. The van der Waals surface area contributed by atoms with Gasteiger partial charge < -0.3 is 20.1 Å². The van der Waals surface area contributed by atoms with Crippen molar-refractivity contribution in [1.82, 2.24) is 0 Å². The monoisotopic (exact) mass is 256 g/mol. The van der Waals surface area contributed by atoms with Gasteiger partial charge in [-0.3, -0.25) is 4.79 Å². The molecule has 102 valence electrons. The van der Waals surface area contributed by atoms with Crippen LogP contribution in [-0.4, -0.2) is 44.7 Å². The first-order chi connectivity index (χ1) is 8.22. The fraction of sp³-hybridized carbons (Fsp3) is 0.923. The standard InChI is InChI=1S/C13H20O5/c1-2-18-9(14)10-3-11(15)6-12(16,4-10)8-13(17,5-10)7-11/h15-17H,2-8H2,1H3. The molecule has 4 saturated carbocycles. The van der Waals surface area contributed by atoms with Gasteiger partial charge in [0, 0.05) is 19.3 Å². The van der Waals surface area contributed by atoms with Crippen molar-refractivity contribution in [2.45, 2.75) is 62.3 Å². The Bertz CT molecular complexity index is 351. The van der Waals surface area contributed by atoms with Crippen LogP contribution in [0.1, 0.15) is 45.4 Å². The van der Waals surface area contributed by atoms with Crippen LogP contribution < -0.4 is 0 Å². The van der Waals surface area contributed by atoms with Crippen molar-refractivity contribution in [3.63, 3.8) is 0 Å². The SMILES string of the molecule is CCOC(=O)C12CC3(O)CC(O)(CC(O)(C3)C1)C2. The fourth-order valence-electron chi connectivity index (χ4n) is 4.98. The average Bonchev–Trinajstić information content (AvgIpc) is 2.09. The molecule has 4 rings (SSSR count). The van der Waals surface area contributed by atoms with Gasteiger partial charge in [-0.2, -0.15) is 0 Å². The molecule has 4 aliphatic carbocycles. The lowest BCUT2D eigenvalue weighted by atomic mass is 9.44. The predicted molar refractivity (Wildman–Crippen MR) is 61.6 cm³/mol. The summed E-state index contributed by atoms with van der Waals surface area (Å²) in [5.74, 6) is -0.389. The Kier molecular flexibility index (Phi) is 2.25. The summed E-state index contributed by atoms with van der Waals surface area (Å²) in [5, 5.41) is 31.5. The van der Waals surface area contributed by atoms with E-state index in [0.29, 0.717) is 19.3 Å². The molecule has 5 heteroatoms. The molecule has 0 saturated heterocycles. The van der Waals surface area contributed by atoms with Crippen molar-refractivity contribution < 1.29 is 24.9 Å². The van der Waals surface area contributed by atoms with Crippen LogP contribution in [0.2, 0.25) is 0 Å². The van der Waals surface area contributed by atoms with Crippen molar-refractivity contribution >= 4 is 5.97 Å². The third-order valence-electron chi connectivity index (χ3n) is 4.69. The van der Waals surface area contributed by atoms with Crippen LogP contribution >= 0.6 is 0 Å². The van der Waals surface area contributed by atoms with E-state index in [1.54, 1.807) is 6.92 Å². The van der Waals surface area contributed by atoms with Gasteiger partial charge in [-0.15, -0.1) is 0 Å². The molecule has 0 aliphatic heterocycles. The van der Waals surface area contributed by atoms with Crippen molar-refractivity contribution in [2.75, 3.05) is 6.61 Å². The minimum Gasteiger partial charge on any atom is -0.466 e. The molecule has 0 spiro atoms. The van der Waals surface area contributed by atoms with Crippen molar-refractivity contribution in [3.8, 4) is 0 Å². The highest BCUT2D eigenvalue weighted by atomic mass is 16.5. The van der Waals surface area contributed by atoms with E-state index in [9.17, 15) is 20.1 Å². The summed E-state index contributed by atoms with van der Waals surface area (Å²) in [4.78, 5) is 12.2. The van der Waals surface area contributed by atoms with Crippen LogP contribution in [0.3, 0.4) is 0 Å². The quantitative estimate of drug-likeness (QED) is 0.610. The van der Waals surface area contributed by atoms with Crippen molar-refractivity contribution in [2.24, 2.45) is 5.41 Å². The second-order valence-corrected chi connectivity index (χ2v) is 6.73. The van der Waals surface area contributed by atoms with Crippen molar-refractivity contribution in [1.29, 1.82) is 0 Å². The normalized spacial score (nSPS) is 53.6. The highest BCUT2D eigenvalue weighted by Crippen LogP contribution is 2.64. The molecular formula is C13H20O5. The third kappa shape index (κ3) is 1.61. The Morgan fingerprint density at radius 1 is 0.944 bits per heavy atom. The maximum atomic E-state index is 12.2. The number of carbonyl (C=O) groups is 1. The van der Waals surface area contributed by atoms with Crippen LogP contribution in [0.15, 0.2) is 0 Å². The average molecular weight is 256 g/mol. The second-order valence-electron chi connectivity index (χ2n) is 6.73. The summed E-state index contributed by atoms with van der Waals surface area (Å²) in [7, 11) is 0. The summed E-state index contributed by atoms with van der Waals surface area (Å²) in [6.45, 7) is 2.01. The highest BCUT2D eigenvalue weighted by Gasteiger charge is 2.70. The van der Waals surface area contributed by atoms with E-state index in [1.807, 2.05) is 0 Å². The lowest BCUT2D eigenvalue weighted by molar-refractivity contribution is -0.280. The van der Waals surface area contributed by atoms with E-state index in [4.69, 9.17) is 4.74 Å². The molecule has 0 aromatic rings. The molecular weight excluding hydrogens is 236 g/mol. The molecule has 0 aromatic heterocycles. The first kappa shape index (κ1) is 12.4. The van der Waals surface area contributed by atoms with E-state index in [2.05, 4.69) is 0 Å². The maximum Gasteiger partial charge on any atom is 0.312 e. The Morgan fingerprint density at radius 3 is 1.67 bits per heavy atom. The summed E-state index contributed by atoms with van der Waals surface area (Å²) >= 11 is 0. The van der Waals surface area contributed by atoms with E-state index >= 15 is 0 Å². The number of hydrogen-bond acceptors (Lipinski definition) is 5. The summed E-state index contributed by atoms with van der Waals surface area (Å²) in [6, 6.07) is 0. The maximum absolute atomic E-state index is 12.2. The van der Waals surface area contributed by atoms with Gasteiger partial charge in [0.15, 0.2) is 0 Å². The van der Waals surface area contributed by atoms with E-state index in [1.165, 1.54) is 0 Å². The van der Waals surface area contributed by atoms with Gasteiger partial charge in [0.2, 0.25) is 0 Å². The number of hydrogen-bond donors (Lipinski definition) is 3. The second kappa shape index (κ2) is 3.26. The molecule has 4 fully saturated rings. The number of ether oxygens (including phenoxy) is 1. The molecule has 18 heavy (non-hydrogen) atoms. The summed E-state index contributed by atoms with van der Waals surface area (Å²) in [6.07, 6.45) is 1.65. The topological polar surface area (TPSA) is 87.0 Å². The zero-order chi connectivity index (χ0) is 13.2. The number of aliphatic hydroxyl groups is 3. The minimum atomic E-state index is -1.13. The van der Waals surface area contributed by atoms with Crippen LogP contribution in [0.5, 0.6) is 0 Å². The van der Waals surface area contributed by atoms with E-state index < -0.39 is 22.2 Å². The molecule has 0 heterocycles. The van der Waals surface area contributed by atoms with Gasteiger partial charge in [-0.25, -0.2) is 0 Å². The van der Waals surface area contributed by atoms with Crippen molar-refractivity contribution in [3.05, 3.63) is 0 Å². The van der Waals surface area contributed by atoms with Crippen LogP contribution in [-0.2, 0) is 9.53 Å². The molecule has 5 nitrogen and oxygen atoms in total. The number of rotatable bonds is 2. The Morgan fingerprint density at radius 2 is 1.33 bits per heavy atom. The third-order valence-corrected chi connectivity index (χ3v) is 4.69. The zero-order valence-electron chi connectivity index (χ0n) is 10.6. The Balaban J connectivity index is 2.00. The number of esters is 1. The molecule has 4 aliphatic rings. The van der Waals surface area contributed by atoms with Gasteiger partial charge in [-0.1, -0.05) is 0 Å². The Labute approximate surface area is 106 Å². The predicted octanol–water partition coefficient (Wildman–Crippen LogP) is 0.111. The van der Waals surface area contributed by atoms with Gasteiger partial charge in [-0.05, 0) is 26.2 Å². The fourth-order valence-corrected chi connectivity index (χ4v) is 4.98. The largest absolute Gasteiger partial charge is 0.466 e. The number of carbonyl (C=O) groups excluding carboxylic acids is 1. The summed E-state index contributed by atoms with van der Waals surface area (Å²) in [5.41, 5.74) is -4.32. The molecule has 0 aromatic carbocycles. The van der Waals surface area contributed by atoms with Crippen LogP contribution in [0.4, 0.5) is 0 Å². The molecule has 0 amide bonds. The first-order valence-electron chi connectivity index (χ1n) is 6.57. The lowest BCUT2D eigenvalue weighted by Crippen LogP contribution is -2.71. The minimum absolute atomic E-state index is 0.253. The smallest absolute Gasteiger partial charge is 0.312 e.